The summed E-state index contributed by atoms with van der Waals surface area (Å²) >= 11 is 1.76. The minimum absolute atomic E-state index is 0.0120. The van der Waals surface area contributed by atoms with E-state index in [1.807, 2.05) is 4.90 Å². The Bertz CT molecular complexity index is 460. The number of hydrogen-bond acceptors (Lipinski definition) is 4. The lowest BCUT2D eigenvalue weighted by molar-refractivity contribution is -0.132. The Kier molecular flexibility index (Phi) is 5.18. The van der Waals surface area contributed by atoms with Gasteiger partial charge in [-0.15, -0.1) is 11.3 Å². The van der Waals surface area contributed by atoms with Gasteiger partial charge in [-0.05, 0) is 38.8 Å². The average molecular weight is 296 g/mol. The molecule has 5 heteroatoms. The fraction of sp³-hybridized carbons (Fsp3) is 0.667. The van der Waals surface area contributed by atoms with Gasteiger partial charge in [0.2, 0.25) is 5.91 Å². The number of nitrogens with zero attached hydrogens (tertiary/aromatic N) is 1. The van der Waals surface area contributed by atoms with Crippen molar-refractivity contribution in [1.29, 1.82) is 0 Å². The van der Waals surface area contributed by atoms with Crippen LogP contribution in [0.2, 0.25) is 0 Å². The number of nitrogens with one attached hydrogen (secondary N) is 1. The smallest absolute Gasteiger partial charge is 0.241 e. The number of carbonyl (C=O) groups is 1. The van der Waals surface area contributed by atoms with E-state index in [4.69, 9.17) is 4.74 Å². The van der Waals surface area contributed by atoms with Crippen LogP contribution in [0.15, 0.2) is 12.1 Å². The zero-order valence-corrected chi connectivity index (χ0v) is 13.5. The summed E-state index contributed by atoms with van der Waals surface area (Å²) in [5, 5.41) is 3.47. The summed E-state index contributed by atoms with van der Waals surface area (Å²) < 4.78 is 5.15. The Balaban J connectivity index is 2.21. The lowest BCUT2D eigenvalue weighted by Crippen LogP contribution is -2.38. The second-order valence-corrected chi connectivity index (χ2v) is 6.67. The third kappa shape index (κ3) is 3.05. The van der Waals surface area contributed by atoms with Crippen LogP contribution in [0.5, 0.6) is 0 Å². The lowest BCUT2D eigenvalue weighted by Gasteiger charge is -2.29. The first-order chi connectivity index (χ1) is 9.58. The zero-order valence-electron chi connectivity index (χ0n) is 12.7. The van der Waals surface area contributed by atoms with Crippen LogP contribution in [0, 0.1) is 6.92 Å². The molecule has 1 N–H and O–H groups in total. The van der Waals surface area contributed by atoms with Crippen LogP contribution in [0.3, 0.4) is 0 Å². The van der Waals surface area contributed by atoms with Crippen LogP contribution in [0.4, 0.5) is 0 Å². The molecule has 3 unspecified atom stereocenters. The van der Waals surface area contributed by atoms with Gasteiger partial charge >= 0.3 is 0 Å². The molecule has 1 saturated heterocycles. The minimum atomic E-state index is -0.0626. The molecule has 20 heavy (non-hydrogen) atoms. The number of rotatable bonds is 6. The summed E-state index contributed by atoms with van der Waals surface area (Å²) in [6.45, 7) is 6.93. The summed E-state index contributed by atoms with van der Waals surface area (Å²) in [4.78, 5) is 17.1. The largest absolute Gasteiger partial charge is 0.385 e. The van der Waals surface area contributed by atoms with Crippen LogP contribution in [0.1, 0.15) is 42.6 Å². The minimum Gasteiger partial charge on any atom is -0.385 e. The molecule has 2 heterocycles. The molecule has 0 radical (unpaired) electrons. The SMILES string of the molecule is CCC1NC(c2ccc(C)s2)N(C(C)CCOC)C1=O. The maximum absolute atomic E-state index is 12.6. The summed E-state index contributed by atoms with van der Waals surface area (Å²) in [6, 6.07) is 4.36. The Morgan fingerprint density at radius 1 is 1.50 bits per heavy atom. The Hall–Kier alpha value is -0.910. The first-order valence-corrected chi connectivity index (χ1v) is 8.03. The predicted octanol–water partition coefficient (Wildman–Crippen LogP) is 2.69. The van der Waals surface area contributed by atoms with Crippen LogP contribution in [0.25, 0.3) is 0 Å². The molecule has 0 bridgehead atoms. The van der Waals surface area contributed by atoms with E-state index in [9.17, 15) is 4.79 Å². The Labute approximate surface area is 125 Å². The maximum Gasteiger partial charge on any atom is 0.241 e. The molecule has 1 fully saturated rings. The van der Waals surface area contributed by atoms with Crippen molar-refractivity contribution in [3.63, 3.8) is 0 Å². The highest BCUT2D eigenvalue weighted by Gasteiger charge is 2.41. The Morgan fingerprint density at radius 2 is 2.25 bits per heavy atom. The van der Waals surface area contributed by atoms with Crippen molar-refractivity contribution < 1.29 is 9.53 Å². The van der Waals surface area contributed by atoms with Gasteiger partial charge in [0.25, 0.3) is 0 Å². The highest BCUT2D eigenvalue weighted by molar-refractivity contribution is 7.12. The van der Waals surface area contributed by atoms with Gasteiger partial charge in [-0.2, -0.15) is 0 Å². The van der Waals surface area contributed by atoms with Crippen molar-refractivity contribution in [2.75, 3.05) is 13.7 Å². The van der Waals surface area contributed by atoms with Crippen LogP contribution < -0.4 is 5.32 Å². The number of amides is 1. The molecule has 0 aliphatic carbocycles. The van der Waals surface area contributed by atoms with Gasteiger partial charge < -0.3 is 9.64 Å². The third-order valence-electron chi connectivity index (χ3n) is 3.84. The van der Waals surface area contributed by atoms with Crippen molar-refractivity contribution in [3.05, 3.63) is 21.9 Å². The molecule has 1 aromatic rings. The van der Waals surface area contributed by atoms with Crippen molar-refractivity contribution in [2.24, 2.45) is 0 Å². The maximum atomic E-state index is 12.6. The molecule has 1 aliphatic rings. The summed E-state index contributed by atoms with van der Waals surface area (Å²) in [5.74, 6) is 0.215. The van der Waals surface area contributed by atoms with Crippen molar-refractivity contribution in [3.8, 4) is 0 Å². The Morgan fingerprint density at radius 3 is 2.80 bits per heavy atom. The van der Waals surface area contributed by atoms with Gasteiger partial charge in [-0.25, -0.2) is 0 Å². The summed E-state index contributed by atoms with van der Waals surface area (Å²) in [6.07, 6.45) is 1.70. The van der Waals surface area contributed by atoms with E-state index in [2.05, 4.69) is 38.2 Å². The van der Waals surface area contributed by atoms with Gasteiger partial charge in [0, 0.05) is 29.5 Å². The van der Waals surface area contributed by atoms with E-state index in [1.165, 1.54) is 9.75 Å². The molecule has 3 atom stereocenters. The molecule has 1 amide bonds. The number of ether oxygens (including phenoxy) is 1. The third-order valence-corrected chi connectivity index (χ3v) is 4.90. The first-order valence-electron chi connectivity index (χ1n) is 7.22. The highest BCUT2D eigenvalue weighted by Crippen LogP contribution is 2.33. The molecule has 112 valence electrons. The fourth-order valence-corrected chi connectivity index (χ4v) is 3.60. The molecule has 0 aromatic carbocycles. The molecule has 0 saturated carbocycles. The monoisotopic (exact) mass is 296 g/mol. The fourth-order valence-electron chi connectivity index (χ4n) is 2.66. The van der Waals surface area contributed by atoms with E-state index in [1.54, 1.807) is 18.4 Å². The second-order valence-electron chi connectivity index (χ2n) is 5.35. The summed E-state index contributed by atoms with van der Waals surface area (Å²) in [5.41, 5.74) is 0. The van der Waals surface area contributed by atoms with E-state index in [-0.39, 0.29) is 24.2 Å². The average Bonchev–Trinajstić information content (AvgIpc) is 2.99. The van der Waals surface area contributed by atoms with Gasteiger partial charge in [0.05, 0.1) is 6.04 Å². The molecule has 2 rings (SSSR count). The van der Waals surface area contributed by atoms with E-state index < -0.39 is 0 Å². The quantitative estimate of drug-likeness (QED) is 0.877. The number of methoxy groups -OCH3 is 1. The van der Waals surface area contributed by atoms with Crippen molar-refractivity contribution in [1.82, 2.24) is 10.2 Å². The van der Waals surface area contributed by atoms with Crippen LogP contribution in [-0.2, 0) is 9.53 Å². The molecule has 0 spiro atoms. The number of carbonyl (C=O) groups excluding carboxylic acids is 1. The molecule has 1 aliphatic heterocycles. The van der Waals surface area contributed by atoms with Crippen molar-refractivity contribution >= 4 is 17.2 Å². The van der Waals surface area contributed by atoms with Crippen LogP contribution >= 0.6 is 11.3 Å². The van der Waals surface area contributed by atoms with Gasteiger partial charge in [0.1, 0.15) is 6.17 Å². The van der Waals surface area contributed by atoms with Gasteiger partial charge in [0.15, 0.2) is 0 Å². The molecule has 4 nitrogen and oxygen atoms in total. The van der Waals surface area contributed by atoms with Crippen molar-refractivity contribution in [2.45, 2.75) is 51.9 Å². The standard InChI is InChI=1S/C15H24N2O2S/c1-5-12-15(18)17(10(2)8-9-19-4)14(16-12)13-7-6-11(3)20-13/h6-7,10,12,14,16H,5,8-9H2,1-4H3. The number of thiophene rings is 1. The second kappa shape index (κ2) is 6.70. The van der Waals surface area contributed by atoms with Gasteiger partial charge in [-0.3, -0.25) is 10.1 Å². The van der Waals surface area contributed by atoms with E-state index in [0.717, 1.165) is 12.8 Å². The van der Waals surface area contributed by atoms with Crippen LogP contribution in [-0.4, -0.2) is 36.6 Å². The molecular weight excluding hydrogens is 272 g/mol. The van der Waals surface area contributed by atoms with Gasteiger partial charge in [-0.1, -0.05) is 6.92 Å². The highest BCUT2D eigenvalue weighted by atomic mass is 32.1. The molecule has 1 aromatic heterocycles. The van der Waals surface area contributed by atoms with E-state index >= 15 is 0 Å². The topological polar surface area (TPSA) is 41.6 Å². The normalized spacial score (nSPS) is 24.4. The number of aryl methyl sites for hydroxylation is 1. The number of hydrogen-bond donors (Lipinski definition) is 1. The first kappa shape index (κ1) is 15.5. The molecular formula is C15H24N2O2S. The predicted molar refractivity (Wildman–Crippen MR) is 81.8 cm³/mol. The zero-order chi connectivity index (χ0) is 14.7. The lowest BCUT2D eigenvalue weighted by atomic mass is 10.1. The summed E-state index contributed by atoms with van der Waals surface area (Å²) in [7, 11) is 1.70. The van der Waals surface area contributed by atoms with E-state index in [0.29, 0.717) is 6.61 Å².